The van der Waals surface area contributed by atoms with Gasteiger partial charge in [0, 0.05) is 6.54 Å². The van der Waals surface area contributed by atoms with Crippen molar-refractivity contribution in [3.05, 3.63) is 45.9 Å². The number of halogens is 2. The van der Waals surface area contributed by atoms with Crippen LogP contribution in [-0.4, -0.2) is 29.2 Å². The lowest BCUT2D eigenvalue weighted by molar-refractivity contribution is -0.0499. The average molecular weight is 342 g/mol. The summed E-state index contributed by atoms with van der Waals surface area (Å²) in [7, 11) is 0. The number of ether oxygens (including phenoxy) is 1. The summed E-state index contributed by atoms with van der Waals surface area (Å²) in [6, 6.07) is 5.74. The first kappa shape index (κ1) is 17.3. The summed E-state index contributed by atoms with van der Waals surface area (Å²) in [6.45, 7) is -1.08. The lowest BCUT2D eigenvalue weighted by Gasteiger charge is -2.13. The second kappa shape index (κ2) is 7.98. The number of alkyl halides is 2. The van der Waals surface area contributed by atoms with Crippen LogP contribution >= 0.6 is 11.3 Å². The Kier molecular flexibility index (Phi) is 6.00. The molecule has 1 unspecified atom stereocenters. The second-order valence-electron chi connectivity index (χ2n) is 4.66. The van der Waals surface area contributed by atoms with Gasteiger partial charge < -0.3 is 15.2 Å². The SMILES string of the molecule is CCc1ncsc1C(=O)NCC(O)c1cccc(OC(F)F)c1. The molecule has 0 spiro atoms. The molecule has 2 N–H and O–H groups in total. The highest BCUT2D eigenvalue weighted by Gasteiger charge is 2.16. The fourth-order valence-corrected chi connectivity index (χ4v) is 2.79. The van der Waals surface area contributed by atoms with Gasteiger partial charge in [0.1, 0.15) is 10.6 Å². The quantitative estimate of drug-likeness (QED) is 0.812. The Balaban J connectivity index is 1.97. The minimum Gasteiger partial charge on any atom is -0.435 e. The molecule has 1 atom stereocenters. The smallest absolute Gasteiger partial charge is 0.387 e. The Hall–Kier alpha value is -2.06. The number of aliphatic hydroxyl groups is 1. The summed E-state index contributed by atoms with van der Waals surface area (Å²) < 4.78 is 28.7. The predicted molar refractivity (Wildman–Crippen MR) is 81.9 cm³/mol. The van der Waals surface area contributed by atoms with E-state index in [1.54, 1.807) is 11.6 Å². The van der Waals surface area contributed by atoms with Crippen LogP contribution < -0.4 is 10.1 Å². The molecular weight excluding hydrogens is 326 g/mol. The van der Waals surface area contributed by atoms with Crippen LogP contribution in [0.15, 0.2) is 29.8 Å². The van der Waals surface area contributed by atoms with Gasteiger partial charge in [-0.25, -0.2) is 4.98 Å². The number of nitrogens with one attached hydrogen (secondary N) is 1. The van der Waals surface area contributed by atoms with Gasteiger partial charge in [-0.1, -0.05) is 19.1 Å². The number of rotatable bonds is 7. The zero-order chi connectivity index (χ0) is 16.8. The van der Waals surface area contributed by atoms with Crippen LogP contribution in [0.2, 0.25) is 0 Å². The molecule has 1 aromatic carbocycles. The van der Waals surface area contributed by atoms with Gasteiger partial charge in [0.2, 0.25) is 0 Å². The Bertz CT molecular complexity index is 664. The summed E-state index contributed by atoms with van der Waals surface area (Å²) in [5, 5.41) is 12.7. The summed E-state index contributed by atoms with van der Waals surface area (Å²) in [5.74, 6) is -0.359. The number of carbonyl (C=O) groups is 1. The molecule has 0 aliphatic rings. The van der Waals surface area contributed by atoms with Crippen molar-refractivity contribution in [3.63, 3.8) is 0 Å². The first-order valence-electron chi connectivity index (χ1n) is 6.94. The van der Waals surface area contributed by atoms with Crippen LogP contribution in [0.4, 0.5) is 8.78 Å². The van der Waals surface area contributed by atoms with Crippen LogP contribution in [0.1, 0.15) is 34.0 Å². The maximum absolute atomic E-state index is 12.2. The van der Waals surface area contributed by atoms with Crippen LogP contribution in [0.5, 0.6) is 5.75 Å². The van der Waals surface area contributed by atoms with E-state index in [4.69, 9.17) is 0 Å². The molecule has 0 aliphatic carbocycles. The monoisotopic (exact) mass is 342 g/mol. The lowest BCUT2D eigenvalue weighted by Crippen LogP contribution is -2.28. The number of aliphatic hydroxyl groups excluding tert-OH is 1. The van der Waals surface area contributed by atoms with Crippen LogP contribution in [0, 0.1) is 0 Å². The van der Waals surface area contributed by atoms with Crippen LogP contribution in [0.3, 0.4) is 0 Å². The van der Waals surface area contributed by atoms with Crippen molar-refractivity contribution in [1.29, 1.82) is 0 Å². The van der Waals surface area contributed by atoms with E-state index in [2.05, 4.69) is 15.0 Å². The number of carbonyl (C=O) groups excluding carboxylic acids is 1. The topological polar surface area (TPSA) is 71.5 Å². The third-order valence-corrected chi connectivity index (χ3v) is 3.97. The van der Waals surface area contributed by atoms with Crippen molar-refractivity contribution in [2.45, 2.75) is 26.1 Å². The number of aryl methyl sites for hydroxylation is 1. The van der Waals surface area contributed by atoms with Gasteiger partial charge in [-0.05, 0) is 24.1 Å². The normalized spacial score (nSPS) is 12.2. The maximum atomic E-state index is 12.2. The zero-order valence-electron chi connectivity index (χ0n) is 12.3. The predicted octanol–water partition coefficient (Wildman–Crippen LogP) is 2.77. The molecule has 2 rings (SSSR count). The molecule has 1 aromatic heterocycles. The van der Waals surface area contributed by atoms with Gasteiger partial charge in [-0.15, -0.1) is 11.3 Å². The molecule has 0 bridgehead atoms. The number of benzene rings is 1. The van der Waals surface area contributed by atoms with Crippen molar-refractivity contribution < 1.29 is 23.4 Å². The van der Waals surface area contributed by atoms with E-state index in [0.717, 1.165) is 0 Å². The van der Waals surface area contributed by atoms with Gasteiger partial charge in [0.05, 0.1) is 17.3 Å². The third-order valence-electron chi connectivity index (χ3n) is 3.11. The van der Waals surface area contributed by atoms with Gasteiger partial charge in [0.15, 0.2) is 0 Å². The maximum Gasteiger partial charge on any atom is 0.387 e. The van der Waals surface area contributed by atoms with E-state index in [-0.39, 0.29) is 18.2 Å². The van der Waals surface area contributed by atoms with E-state index in [1.807, 2.05) is 6.92 Å². The first-order valence-corrected chi connectivity index (χ1v) is 7.82. The number of aromatic nitrogens is 1. The molecular formula is C15H16F2N2O3S. The highest BCUT2D eigenvalue weighted by atomic mass is 32.1. The van der Waals surface area contributed by atoms with Crippen molar-refractivity contribution in [3.8, 4) is 5.75 Å². The average Bonchev–Trinajstić information content (AvgIpc) is 3.00. The minimum absolute atomic E-state index is 0.0430. The Morgan fingerprint density at radius 2 is 2.26 bits per heavy atom. The van der Waals surface area contributed by atoms with Gasteiger partial charge in [-0.3, -0.25) is 4.79 Å². The fraction of sp³-hybridized carbons (Fsp3) is 0.333. The van der Waals surface area contributed by atoms with E-state index < -0.39 is 12.7 Å². The summed E-state index contributed by atoms with van der Waals surface area (Å²) in [5.41, 5.74) is 2.67. The van der Waals surface area contributed by atoms with Crippen molar-refractivity contribution in [2.24, 2.45) is 0 Å². The number of thiazole rings is 1. The largest absolute Gasteiger partial charge is 0.435 e. The molecule has 1 amide bonds. The molecule has 5 nitrogen and oxygen atoms in total. The van der Waals surface area contributed by atoms with Crippen molar-refractivity contribution >= 4 is 17.2 Å². The molecule has 1 heterocycles. The van der Waals surface area contributed by atoms with E-state index >= 15 is 0 Å². The molecule has 0 saturated heterocycles. The molecule has 0 aliphatic heterocycles. The Morgan fingerprint density at radius 1 is 1.48 bits per heavy atom. The second-order valence-corrected chi connectivity index (χ2v) is 5.51. The zero-order valence-corrected chi connectivity index (χ0v) is 13.1. The first-order chi connectivity index (χ1) is 11.0. The molecule has 0 saturated carbocycles. The van der Waals surface area contributed by atoms with E-state index in [1.165, 1.54) is 29.5 Å². The number of amides is 1. The summed E-state index contributed by atoms with van der Waals surface area (Å²) in [4.78, 5) is 16.7. The molecule has 2 aromatic rings. The Morgan fingerprint density at radius 3 is 2.96 bits per heavy atom. The number of hydrogen-bond acceptors (Lipinski definition) is 5. The fourth-order valence-electron chi connectivity index (χ4n) is 1.99. The standard InChI is InChI=1S/C15H16F2N2O3S/c1-2-11-13(23-8-19-11)14(21)18-7-12(20)9-4-3-5-10(6-9)22-15(16)17/h3-6,8,12,15,20H,2,7H2,1H3,(H,18,21). The highest BCUT2D eigenvalue weighted by molar-refractivity contribution is 7.11. The molecule has 0 fully saturated rings. The van der Waals surface area contributed by atoms with Crippen molar-refractivity contribution in [1.82, 2.24) is 10.3 Å². The van der Waals surface area contributed by atoms with Crippen LogP contribution in [0.25, 0.3) is 0 Å². The van der Waals surface area contributed by atoms with Gasteiger partial charge in [-0.2, -0.15) is 8.78 Å². The molecule has 0 radical (unpaired) electrons. The molecule has 8 heteroatoms. The Labute approximate surface area is 135 Å². The number of hydrogen-bond donors (Lipinski definition) is 2. The minimum atomic E-state index is -2.93. The molecule has 23 heavy (non-hydrogen) atoms. The highest BCUT2D eigenvalue weighted by Crippen LogP contribution is 2.21. The van der Waals surface area contributed by atoms with E-state index in [9.17, 15) is 18.7 Å². The van der Waals surface area contributed by atoms with Crippen LogP contribution in [-0.2, 0) is 6.42 Å². The van der Waals surface area contributed by atoms with Crippen molar-refractivity contribution in [2.75, 3.05) is 6.54 Å². The molecule has 124 valence electrons. The lowest BCUT2D eigenvalue weighted by atomic mass is 10.1. The summed E-state index contributed by atoms with van der Waals surface area (Å²) >= 11 is 1.23. The van der Waals surface area contributed by atoms with Gasteiger partial charge >= 0.3 is 6.61 Å². The number of nitrogens with zero attached hydrogens (tertiary/aromatic N) is 1. The third kappa shape index (κ3) is 4.70. The summed E-state index contributed by atoms with van der Waals surface area (Å²) in [6.07, 6.45) is -0.389. The van der Waals surface area contributed by atoms with Gasteiger partial charge in [0.25, 0.3) is 5.91 Å². The van der Waals surface area contributed by atoms with E-state index in [0.29, 0.717) is 22.6 Å².